The average molecular weight is 578 g/mol. The van der Waals surface area contributed by atoms with Crippen molar-refractivity contribution in [2.24, 2.45) is 12.2 Å². The summed E-state index contributed by atoms with van der Waals surface area (Å²) >= 11 is 5.42. The minimum Gasteiger partial charge on any atom is -0.543 e. The van der Waals surface area contributed by atoms with Gasteiger partial charge in [0.15, 0.2) is 27.6 Å². The predicted octanol–water partition coefficient (Wildman–Crippen LogP) is -0.294. The molecule has 0 spiro atoms. The molecule has 0 aromatic carbocycles. The lowest BCUT2D eigenvalue weighted by Gasteiger charge is -2.50. The second kappa shape index (κ2) is 10.3. The summed E-state index contributed by atoms with van der Waals surface area (Å²) in [7, 11) is 3.19. The van der Waals surface area contributed by atoms with Gasteiger partial charge in [0.2, 0.25) is 0 Å². The molecule has 192 valence electrons. The number of β-lactam (4-membered cyclic amide) rings is 1. The molecule has 1 saturated heterocycles. The number of carboxylic acid groups (broad SMARTS) is 1. The number of hydrogen-bond acceptors (Lipinski definition) is 13. The molecular formula is C21H19N7O5S4. The summed E-state index contributed by atoms with van der Waals surface area (Å²) in [5.41, 5.74) is 6.98. The van der Waals surface area contributed by atoms with Crippen molar-refractivity contribution in [2.45, 2.75) is 15.8 Å². The number of fused-ring (bicyclic) bond motifs is 2. The number of nitrogens with one attached hydrogen (secondary N) is 1. The van der Waals surface area contributed by atoms with Crippen LogP contribution >= 0.6 is 46.2 Å². The van der Waals surface area contributed by atoms with Gasteiger partial charge in [-0.3, -0.25) is 14.5 Å². The second-order valence-corrected chi connectivity index (χ2v) is 12.2. The Hall–Kier alpha value is -3.21. The van der Waals surface area contributed by atoms with Crippen molar-refractivity contribution < 1.29 is 28.9 Å². The number of anilines is 1. The number of nitrogens with two attached hydrogens (primary N) is 1. The van der Waals surface area contributed by atoms with Crippen LogP contribution in [-0.2, 0) is 26.3 Å². The first kappa shape index (κ1) is 25.4. The number of oxime groups is 1. The molecule has 0 bridgehead atoms. The monoisotopic (exact) mass is 577 g/mol. The van der Waals surface area contributed by atoms with E-state index in [0.29, 0.717) is 17.1 Å². The third-order valence-corrected chi connectivity index (χ3v) is 9.79. The SMILES string of the molecule is CO/N=C(/C(=O)NC1C(=O)N2C(C(=O)[O-])=C(CSc3nc4c[n+](C)ccc4s3)CSC12)c1csc(N)n1. The van der Waals surface area contributed by atoms with Gasteiger partial charge in [0.05, 0.1) is 16.4 Å². The number of thioether (sulfide) groups is 2. The maximum absolute atomic E-state index is 13.0. The first-order valence-corrected chi connectivity index (χ1v) is 14.4. The molecule has 0 saturated carbocycles. The number of aromatic nitrogens is 3. The van der Waals surface area contributed by atoms with Crippen LogP contribution < -0.4 is 20.7 Å². The molecule has 5 rings (SSSR count). The summed E-state index contributed by atoms with van der Waals surface area (Å²) in [6, 6.07) is 1.03. The number of aliphatic carboxylic acids is 1. The fourth-order valence-corrected chi connectivity index (χ4v) is 7.92. The number of hydrogen-bond donors (Lipinski definition) is 2. The molecule has 16 heteroatoms. The molecule has 5 heterocycles. The van der Waals surface area contributed by atoms with Crippen LogP contribution in [0.3, 0.4) is 0 Å². The highest BCUT2D eigenvalue weighted by Gasteiger charge is 2.53. The van der Waals surface area contributed by atoms with Gasteiger partial charge in [-0.25, -0.2) is 14.5 Å². The standard InChI is InChI=1S/C21H19N7O5S4/c1-27-4-3-12-10(5-27)24-21(37-12)36-7-9-6-34-18-14(17(30)28(18)15(9)19(31)32)25-16(29)13(26-33-2)11-8-35-20(22)23-11/h3-5,8,14,18H,6-7H2,1-2H3,(H3-,22,23,25,29,31,32)/b26-13+. The number of pyridine rings is 1. The third-order valence-electron chi connectivity index (χ3n) is 5.51. The minimum atomic E-state index is -1.44. The zero-order valence-corrected chi connectivity index (χ0v) is 22.6. The molecule has 12 nitrogen and oxygen atoms in total. The van der Waals surface area contributed by atoms with Crippen molar-refractivity contribution in [3.8, 4) is 0 Å². The molecule has 37 heavy (non-hydrogen) atoms. The van der Waals surface area contributed by atoms with Gasteiger partial charge in [0, 0.05) is 23.0 Å². The number of carbonyl (C=O) groups is 3. The Balaban J connectivity index is 1.31. The van der Waals surface area contributed by atoms with Gasteiger partial charge in [-0.2, -0.15) is 0 Å². The van der Waals surface area contributed by atoms with E-state index >= 15 is 0 Å². The largest absolute Gasteiger partial charge is 0.543 e. The molecule has 3 N–H and O–H groups in total. The maximum Gasteiger partial charge on any atom is 0.276 e. The number of thiazole rings is 2. The number of carboxylic acids is 1. The van der Waals surface area contributed by atoms with Gasteiger partial charge in [0.25, 0.3) is 11.8 Å². The van der Waals surface area contributed by atoms with Gasteiger partial charge in [0.1, 0.15) is 36.8 Å². The summed E-state index contributed by atoms with van der Waals surface area (Å²) in [6.07, 6.45) is 3.85. The Morgan fingerprint density at radius 3 is 2.95 bits per heavy atom. The molecular weight excluding hydrogens is 559 g/mol. The smallest absolute Gasteiger partial charge is 0.276 e. The van der Waals surface area contributed by atoms with E-state index in [2.05, 4.69) is 20.4 Å². The Kier molecular flexibility index (Phi) is 7.06. The summed E-state index contributed by atoms with van der Waals surface area (Å²) in [5.74, 6) is -1.97. The summed E-state index contributed by atoms with van der Waals surface area (Å²) in [5, 5.41) is 19.6. The van der Waals surface area contributed by atoms with Crippen LogP contribution in [0, 0.1) is 0 Å². The van der Waals surface area contributed by atoms with E-state index in [-0.39, 0.29) is 22.2 Å². The Morgan fingerprint density at radius 1 is 1.43 bits per heavy atom. The number of aryl methyl sites for hydroxylation is 1. The highest BCUT2D eigenvalue weighted by molar-refractivity contribution is 8.02. The van der Waals surface area contributed by atoms with E-state index in [1.807, 2.05) is 30.1 Å². The lowest BCUT2D eigenvalue weighted by Crippen LogP contribution is -2.71. The van der Waals surface area contributed by atoms with Crippen molar-refractivity contribution >= 4 is 85.0 Å². The maximum atomic E-state index is 13.0. The number of carbonyl (C=O) groups excluding carboxylic acids is 3. The van der Waals surface area contributed by atoms with Crippen LogP contribution in [-0.4, -0.2) is 68.4 Å². The van der Waals surface area contributed by atoms with Gasteiger partial charge >= 0.3 is 0 Å². The molecule has 0 radical (unpaired) electrons. The molecule has 3 aromatic heterocycles. The molecule has 2 aliphatic rings. The molecule has 2 amide bonds. The fraction of sp³-hybridized carbons (Fsp3) is 0.286. The van der Waals surface area contributed by atoms with Crippen molar-refractivity contribution in [3.05, 3.63) is 40.8 Å². The van der Waals surface area contributed by atoms with Crippen molar-refractivity contribution in [3.63, 3.8) is 0 Å². The number of nitrogens with zero attached hydrogens (tertiary/aromatic N) is 5. The van der Waals surface area contributed by atoms with E-state index in [0.717, 1.165) is 25.9 Å². The second-order valence-electron chi connectivity index (χ2n) is 7.92. The molecule has 1 fully saturated rings. The molecule has 0 aliphatic carbocycles. The van der Waals surface area contributed by atoms with Gasteiger partial charge in [-0.1, -0.05) is 16.9 Å². The topological polar surface area (TPSA) is 167 Å². The van der Waals surface area contributed by atoms with Gasteiger partial charge in [-0.15, -0.1) is 34.4 Å². The molecule has 2 unspecified atom stereocenters. The van der Waals surface area contributed by atoms with Crippen LogP contribution in [0.2, 0.25) is 0 Å². The predicted molar refractivity (Wildman–Crippen MR) is 139 cm³/mol. The van der Waals surface area contributed by atoms with Crippen LogP contribution in [0.5, 0.6) is 0 Å². The highest BCUT2D eigenvalue weighted by atomic mass is 32.2. The highest BCUT2D eigenvalue weighted by Crippen LogP contribution is 2.42. The fourth-order valence-electron chi connectivity index (χ4n) is 3.85. The van der Waals surface area contributed by atoms with E-state index in [4.69, 9.17) is 10.6 Å². The number of nitrogen functional groups attached to an aromatic ring is 1. The quantitative estimate of drug-likeness (QED) is 0.119. The van der Waals surface area contributed by atoms with Crippen molar-refractivity contribution in [1.29, 1.82) is 0 Å². The zero-order chi connectivity index (χ0) is 26.3. The summed E-state index contributed by atoms with van der Waals surface area (Å²) in [4.78, 5) is 52.5. The molecule has 2 atom stereocenters. The van der Waals surface area contributed by atoms with Crippen LogP contribution in [0.4, 0.5) is 5.13 Å². The third kappa shape index (κ3) is 4.88. The first-order valence-electron chi connectivity index (χ1n) is 10.7. The van der Waals surface area contributed by atoms with E-state index in [1.165, 1.54) is 46.9 Å². The number of amides is 2. The van der Waals surface area contributed by atoms with Crippen molar-refractivity contribution in [1.82, 2.24) is 20.2 Å². The van der Waals surface area contributed by atoms with E-state index < -0.39 is 29.2 Å². The lowest BCUT2D eigenvalue weighted by molar-refractivity contribution is -0.670. The lowest BCUT2D eigenvalue weighted by atomic mass is 10.0. The van der Waals surface area contributed by atoms with Gasteiger partial charge < -0.3 is 25.8 Å². The molecule has 2 aliphatic heterocycles. The van der Waals surface area contributed by atoms with Crippen LogP contribution in [0.1, 0.15) is 5.69 Å². The van der Waals surface area contributed by atoms with E-state index in [1.54, 1.807) is 5.38 Å². The Bertz CT molecular complexity index is 1480. The van der Waals surface area contributed by atoms with E-state index in [9.17, 15) is 19.5 Å². The minimum absolute atomic E-state index is 0.139. The summed E-state index contributed by atoms with van der Waals surface area (Å²) < 4.78 is 3.74. The van der Waals surface area contributed by atoms with Crippen LogP contribution in [0.15, 0.2) is 44.6 Å². The normalized spacial score (nSPS) is 19.6. The Labute approximate surface area is 226 Å². The van der Waals surface area contributed by atoms with Gasteiger partial charge in [-0.05, 0) is 5.57 Å². The average Bonchev–Trinajstić information content (AvgIpc) is 3.48. The summed E-state index contributed by atoms with van der Waals surface area (Å²) in [6.45, 7) is 0. The number of rotatable bonds is 8. The zero-order valence-electron chi connectivity index (χ0n) is 19.4. The Morgan fingerprint density at radius 2 is 2.24 bits per heavy atom. The first-order chi connectivity index (χ1) is 17.8. The molecule has 3 aromatic rings. The van der Waals surface area contributed by atoms with Crippen molar-refractivity contribution in [2.75, 3.05) is 24.3 Å². The van der Waals surface area contributed by atoms with Crippen LogP contribution in [0.25, 0.3) is 10.2 Å².